The van der Waals surface area contributed by atoms with E-state index in [4.69, 9.17) is 9.47 Å². The molecule has 0 radical (unpaired) electrons. The van der Waals surface area contributed by atoms with Gasteiger partial charge in [0.15, 0.2) is 0 Å². The third-order valence-corrected chi connectivity index (χ3v) is 3.88. The van der Waals surface area contributed by atoms with E-state index in [9.17, 15) is 0 Å². The second-order valence-electron chi connectivity index (χ2n) is 6.08. The van der Waals surface area contributed by atoms with Crippen molar-refractivity contribution < 1.29 is 9.47 Å². The summed E-state index contributed by atoms with van der Waals surface area (Å²) in [5.74, 6) is 1.85. The zero-order chi connectivity index (χ0) is 17.2. The Morgan fingerprint density at radius 3 is 2.54 bits per heavy atom. The van der Waals surface area contributed by atoms with Crippen LogP contribution in [0.5, 0.6) is 11.5 Å². The van der Waals surface area contributed by atoms with Crippen LogP contribution in [0.25, 0.3) is 0 Å². The fourth-order valence-corrected chi connectivity index (χ4v) is 2.41. The number of anilines is 1. The highest BCUT2D eigenvalue weighted by atomic mass is 16.5. The Labute approximate surface area is 146 Å². The molecule has 24 heavy (non-hydrogen) atoms. The van der Waals surface area contributed by atoms with E-state index >= 15 is 0 Å². The molecule has 2 rings (SSSR count). The molecule has 0 aliphatic carbocycles. The van der Waals surface area contributed by atoms with Gasteiger partial charge in [-0.15, -0.1) is 0 Å². The van der Waals surface area contributed by atoms with E-state index in [1.165, 1.54) is 5.56 Å². The Morgan fingerprint density at radius 2 is 1.79 bits per heavy atom. The van der Waals surface area contributed by atoms with Crippen LogP contribution in [0, 0.1) is 6.92 Å². The van der Waals surface area contributed by atoms with E-state index in [1.807, 2.05) is 24.3 Å². The number of nitrogens with one attached hydrogen (secondary N) is 1. The average Bonchev–Trinajstić information content (AvgIpc) is 2.59. The lowest BCUT2D eigenvalue weighted by Gasteiger charge is -2.19. The van der Waals surface area contributed by atoms with Crippen LogP contribution in [0.2, 0.25) is 0 Å². The van der Waals surface area contributed by atoms with Gasteiger partial charge in [0.1, 0.15) is 17.6 Å². The molecule has 0 aliphatic rings. The van der Waals surface area contributed by atoms with E-state index in [2.05, 4.69) is 50.4 Å². The van der Waals surface area contributed by atoms with Crippen molar-refractivity contribution in [3.63, 3.8) is 0 Å². The molecule has 0 amide bonds. The van der Waals surface area contributed by atoms with Gasteiger partial charge in [0.2, 0.25) is 0 Å². The summed E-state index contributed by atoms with van der Waals surface area (Å²) in [6.07, 6.45) is 3.32. The van der Waals surface area contributed by atoms with Crippen molar-refractivity contribution in [3.05, 3.63) is 54.1 Å². The molecule has 0 saturated heterocycles. The van der Waals surface area contributed by atoms with Crippen LogP contribution in [0.4, 0.5) is 5.69 Å². The largest absolute Gasteiger partial charge is 0.494 e. The molecule has 0 aliphatic heterocycles. The van der Waals surface area contributed by atoms with Crippen LogP contribution in [0.15, 0.2) is 48.5 Å². The molecule has 2 aromatic carbocycles. The van der Waals surface area contributed by atoms with Gasteiger partial charge in [0, 0.05) is 11.8 Å². The lowest BCUT2D eigenvalue weighted by atomic mass is 10.2. The van der Waals surface area contributed by atoms with E-state index in [0.717, 1.165) is 49.6 Å². The topological polar surface area (TPSA) is 30.5 Å². The van der Waals surface area contributed by atoms with Gasteiger partial charge in [-0.05, 0) is 49.6 Å². The van der Waals surface area contributed by atoms with Crippen molar-refractivity contribution in [2.75, 3.05) is 18.5 Å². The fourth-order valence-electron chi connectivity index (χ4n) is 2.41. The quantitative estimate of drug-likeness (QED) is 0.589. The number of hydrogen-bond donors (Lipinski definition) is 1. The number of ether oxygens (including phenoxy) is 2. The maximum Gasteiger partial charge on any atom is 0.121 e. The molecular formula is C21H29NO2. The zero-order valence-corrected chi connectivity index (χ0v) is 15.0. The first kappa shape index (κ1) is 18.2. The van der Waals surface area contributed by atoms with Gasteiger partial charge >= 0.3 is 0 Å². The molecule has 0 aromatic heterocycles. The first-order valence-corrected chi connectivity index (χ1v) is 8.91. The summed E-state index contributed by atoms with van der Waals surface area (Å²) in [6.45, 7) is 7.93. The summed E-state index contributed by atoms with van der Waals surface area (Å²) in [5.41, 5.74) is 2.28. The van der Waals surface area contributed by atoms with Gasteiger partial charge < -0.3 is 14.8 Å². The minimum Gasteiger partial charge on any atom is -0.494 e. The summed E-state index contributed by atoms with van der Waals surface area (Å²) < 4.78 is 11.8. The molecule has 3 heteroatoms. The summed E-state index contributed by atoms with van der Waals surface area (Å²) in [7, 11) is 0. The summed E-state index contributed by atoms with van der Waals surface area (Å²) >= 11 is 0. The normalized spacial score (nSPS) is 11.8. The monoisotopic (exact) mass is 327 g/mol. The van der Waals surface area contributed by atoms with E-state index < -0.39 is 0 Å². The standard InChI is InChI=1S/C21H29NO2/c1-4-6-13-23-20-11-8-10-18(15-20)22-16-19(5-2)24-21-12-7-9-17(3)14-21/h7-12,14-15,19,22H,4-6,13,16H2,1-3H3. The smallest absolute Gasteiger partial charge is 0.121 e. The Balaban J connectivity index is 1.87. The molecule has 0 fully saturated rings. The lowest BCUT2D eigenvalue weighted by Crippen LogP contribution is -2.25. The predicted octanol–water partition coefficient (Wildman–Crippen LogP) is 5.44. The zero-order valence-electron chi connectivity index (χ0n) is 15.0. The second kappa shape index (κ2) is 9.86. The maximum absolute atomic E-state index is 6.08. The number of aryl methyl sites for hydroxylation is 1. The highest BCUT2D eigenvalue weighted by Crippen LogP contribution is 2.19. The van der Waals surface area contributed by atoms with Crippen LogP contribution < -0.4 is 14.8 Å². The molecule has 130 valence electrons. The number of hydrogen-bond acceptors (Lipinski definition) is 3. The van der Waals surface area contributed by atoms with E-state index in [0.29, 0.717) is 0 Å². The fraction of sp³-hybridized carbons (Fsp3) is 0.429. The van der Waals surface area contributed by atoms with Crippen LogP contribution in [0.1, 0.15) is 38.7 Å². The second-order valence-corrected chi connectivity index (χ2v) is 6.08. The molecule has 0 heterocycles. The van der Waals surface area contributed by atoms with Crippen LogP contribution in [-0.2, 0) is 0 Å². The highest BCUT2D eigenvalue weighted by molar-refractivity contribution is 5.48. The number of unbranched alkanes of at least 4 members (excludes halogenated alkanes) is 1. The van der Waals surface area contributed by atoms with Crippen molar-refractivity contribution in [1.29, 1.82) is 0 Å². The van der Waals surface area contributed by atoms with Crippen molar-refractivity contribution in [2.45, 2.75) is 46.1 Å². The molecule has 1 unspecified atom stereocenters. The molecule has 2 aromatic rings. The van der Waals surface area contributed by atoms with Crippen LogP contribution in [0.3, 0.4) is 0 Å². The Bertz CT molecular complexity index is 612. The van der Waals surface area contributed by atoms with Crippen molar-refractivity contribution in [2.24, 2.45) is 0 Å². The van der Waals surface area contributed by atoms with Crippen molar-refractivity contribution in [1.82, 2.24) is 0 Å². The third-order valence-electron chi connectivity index (χ3n) is 3.88. The minimum absolute atomic E-state index is 0.136. The first-order chi connectivity index (χ1) is 11.7. The van der Waals surface area contributed by atoms with E-state index in [1.54, 1.807) is 0 Å². The van der Waals surface area contributed by atoms with Gasteiger partial charge in [-0.2, -0.15) is 0 Å². The van der Waals surface area contributed by atoms with Crippen LogP contribution >= 0.6 is 0 Å². The average molecular weight is 327 g/mol. The maximum atomic E-state index is 6.08. The summed E-state index contributed by atoms with van der Waals surface area (Å²) in [5, 5.41) is 3.46. The lowest BCUT2D eigenvalue weighted by molar-refractivity contribution is 0.210. The molecule has 1 atom stereocenters. The van der Waals surface area contributed by atoms with E-state index in [-0.39, 0.29) is 6.10 Å². The molecule has 0 bridgehead atoms. The molecular weight excluding hydrogens is 298 g/mol. The Morgan fingerprint density at radius 1 is 1.00 bits per heavy atom. The Hall–Kier alpha value is -2.16. The van der Waals surface area contributed by atoms with Gasteiger partial charge in [-0.25, -0.2) is 0 Å². The third kappa shape index (κ3) is 6.15. The molecule has 1 N–H and O–H groups in total. The van der Waals surface area contributed by atoms with Gasteiger partial charge in [-0.1, -0.05) is 38.5 Å². The Kier molecular flexibility index (Phi) is 7.47. The minimum atomic E-state index is 0.136. The molecule has 3 nitrogen and oxygen atoms in total. The predicted molar refractivity (Wildman–Crippen MR) is 101 cm³/mol. The summed E-state index contributed by atoms with van der Waals surface area (Å²) in [6, 6.07) is 16.3. The van der Waals surface area contributed by atoms with Gasteiger partial charge in [-0.3, -0.25) is 0 Å². The number of rotatable bonds is 10. The van der Waals surface area contributed by atoms with Crippen molar-refractivity contribution in [3.8, 4) is 11.5 Å². The SMILES string of the molecule is CCCCOc1cccc(NCC(CC)Oc2cccc(C)c2)c1. The number of benzene rings is 2. The highest BCUT2D eigenvalue weighted by Gasteiger charge is 2.08. The summed E-state index contributed by atoms with van der Waals surface area (Å²) in [4.78, 5) is 0. The first-order valence-electron chi connectivity index (χ1n) is 8.91. The van der Waals surface area contributed by atoms with Gasteiger partial charge in [0.05, 0.1) is 13.2 Å². The van der Waals surface area contributed by atoms with Crippen molar-refractivity contribution >= 4 is 5.69 Å². The van der Waals surface area contributed by atoms with Crippen LogP contribution in [-0.4, -0.2) is 19.3 Å². The molecule has 0 saturated carbocycles. The van der Waals surface area contributed by atoms with Gasteiger partial charge in [0.25, 0.3) is 0 Å². The molecule has 0 spiro atoms.